The van der Waals surface area contributed by atoms with Gasteiger partial charge in [-0.25, -0.2) is 18.6 Å². The number of nitrogen functional groups attached to an aromatic ring is 2. The molecule has 0 spiro atoms. The average Bonchev–Trinajstić information content (AvgIpc) is 3.48. The topological polar surface area (TPSA) is 140 Å². The lowest BCUT2D eigenvalue weighted by Gasteiger charge is -2.34. The van der Waals surface area contributed by atoms with Crippen LogP contribution in [0.2, 0.25) is 0 Å². The van der Waals surface area contributed by atoms with Crippen molar-refractivity contribution in [2.75, 3.05) is 62.4 Å². The number of nitrogens with one attached hydrogen (secondary N) is 3. The smallest absolute Gasteiger partial charge is 0.341 e. The van der Waals surface area contributed by atoms with E-state index in [-0.39, 0.29) is 29.9 Å². The van der Waals surface area contributed by atoms with Gasteiger partial charge in [-0.3, -0.25) is 10.5 Å². The Morgan fingerprint density at radius 2 is 1.69 bits per heavy atom. The number of anilines is 3. The summed E-state index contributed by atoms with van der Waals surface area (Å²) >= 11 is 0. The highest BCUT2D eigenvalue weighted by atomic mass is 19.1. The Labute approximate surface area is 295 Å². The number of fused-ring (bicyclic) bond motifs is 1. The molecule has 3 aliphatic rings. The first-order valence-electron chi connectivity index (χ1n) is 17.3. The molecule has 3 heterocycles. The summed E-state index contributed by atoms with van der Waals surface area (Å²) in [5.41, 5.74) is 19.9. The minimum Gasteiger partial charge on any atom is -0.398 e. The Kier molecular flexibility index (Phi) is 9.70. The van der Waals surface area contributed by atoms with Crippen LogP contribution in [0.25, 0.3) is 11.1 Å². The number of benzene rings is 4. The molecule has 0 atom stereocenters. The molecule has 0 aromatic heterocycles. The molecule has 2 amide bonds. The van der Waals surface area contributed by atoms with Crippen LogP contribution in [-0.2, 0) is 17.7 Å². The van der Waals surface area contributed by atoms with Crippen molar-refractivity contribution in [1.82, 2.24) is 10.2 Å². The Bertz CT molecular complexity index is 2000. The molecule has 10 nitrogen and oxygen atoms in total. The predicted molar refractivity (Wildman–Crippen MR) is 194 cm³/mol. The number of piperazine rings is 1. The Morgan fingerprint density at radius 1 is 0.941 bits per heavy atom. The van der Waals surface area contributed by atoms with Gasteiger partial charge < -0.3 is 30.9 Å². The van der Waals surface area contributed by atoms with Crippen molar-refractivity contribution in [2.24, 2.45) is 5.73 Å². The number of carbonyl (C=O) groups excluding carboxylic acids is 2. The fraction of sp³-hybridized carbons (Fsp3) is 0.308. The third kappa shape index (κ3) is 7.57. The molecule has 2 fully saturated rings. The number of nitrogens with zero attached hydrogens (tertiary/aromatic N) is 2. The molecule has 0 saturated carbocycles. The molecule has 4 aromatic rings. The minimum absolute atomic E-state index is 0.0317. The third-order valence-electron chi connectivity index (χ3n) is 9.93. The van der Waals surface area contributed by atoms with Crippen molar-refractivity contribution in [3.63, 3.8) is 0 Å². The van der Waals surface area contributed by atoms with Gasteiger partial charge in [-0.05, 0) is 103 Å². The number of amides is 2. The molecule has 0 bridgehead atoms. The second kappa shape index (κ2) is 14.5. The molecular weight excluding hydrogens is 652 g/mol. The lowest BCUT2D eigenvalue weighted by molar-refractivity contribution is -0.345. The highest BCUT2D eigenvalue weighted by molar-refractivity contribution is 6.04. The van der Waals surface area contributed by atoms with Gasteiger partial charge in [0.05, 0.1) is 16.8 Å². The van der Waals surface area contributed by atoms with E-state index in [9.17, 15) is 18.4 Å². The molecule has 51 heavy (non-hydrogen) atoms. The van der Waals surface area contributed by atoms with E-state index in [0.29, 0.717) is 64.4 Å². The zero-order valence-electron chi connectivity index (χ0n) is 28.5. The van der Waals surface area contributed by atoms with E-state index in [1.165, 1.54) is 12.1 Å². The summed E-state index contributed by atoms with van der Waals surface area (Å²) in [6.45, 7) is 5.42. The number of ether oxygens (including phenoxy) is 1. The number of hydrogen-bond donors (Lipinski definition) is 5. The van der Waals surface area contributed by atoms with E-state index in [1.54, 1.807) is 18.2 Å². The predicted octanol–water partition coefficient (Wildman–Crippen LogP) is 3.02. The maximum atomic E-state index is 14.3. The molecule has 7 N–H and O–H groups in total. The van der Waals surface area contributed by atoms with Gasteiger partial charge in [0.1, 0.15) is 11.6 Å². The van der Waals surface area contributed by atoms with Crippen molar-refractivity contribution in [2.45, 2.75) is 31.8 Å². The number of carbonyl (C=O) groups is 2. The van der Waals surface area contributed by atoms with Gasteiger partial charge in [0, 0.05) is 75.0 Å². The van der Waals surface area contributed by atoms with Crippen molar-refractivity contribution in [1.29, 1.82) is 0 Å². The fourth-order valence-corrected chi connectivity index (χ4v) is 7.05. The van der Waals surface area contributed by atoms with Crippen LogP contribution in [0.3, 0.4) is 0 Å². The van der Waals surface area contributed by atoms with Crippen LogP contribution in [0.5, 0.6) is 0 Å². The van der Waals surface area contributed by atoms with E-state index in [0.717, 1.165) is 56.3 Å². The number of amidine groups is 1. The Hall–Kier alpha value is -5.33. The first-order valence-corrected chi connectivity index (χ1v) is 17.3. The van der Waals surface area contributed by atoms with Gasteiger partial charge in [0.2, 0.25) is 0 Å². The summed E-state index contributed by atoms with van der Waals surface area (Å²) in [7, 11) is 2.11. The largest absolute Gasteiger partial charge is 0.398 e. The number of nitrogens with two attached hydrogens (primary N) is 2. The molecule has 0 unspecified atom stereocenters. The number of likely N-dealkylation sites (N-methyl/N-ethyl adjacent to an activating group) is 1. The molecule has 0 radical (unpaired) electrons. The fourth-order valence-electron chi connectivity index (χ4n) is 7.05. The van der Waals surface area contributed by atoms with E-state index >= 15 is 0 Å². The van der Waals surface area contributed by atoms with Crippen LogP contribution in [-0.4, -0.2) is 75.0 Å². The van der Waals surface area contributed by atoms with E-state index in [2.05, 4.69) is 32.5 Å². The van der Waals surface area contributed by atoms with Crippen LogP contribution in [0.1, 0.15) is 55.8 Å². The van der Waals surface area contributed by atoms with E-state index in [4.69, 9.17) is 16.2 Å². The van der Waals surface area contributed by atoms with Gasteiger partial charge >= 0.3 is 5.91 Å². The standard InChI is InChI=1S/C39H41F2N7O3/c1-47-8-10-48(11-9-47)30-4-5-31(36(20-30)45-29-6-12-51-13-7-29)39(50)46-37(43)34-18-26(14-23-15-27(40)19-28(41)16-23)32(21-35(34)42)24-2-3-25-22-44-38(49)33(25)17-24/h2-5,15-21,29,45H,6-14,22,42H2,1H3,(H,44,49)(H2,43,46,50)/p+1. The van der Waals surface area contributed by atoms with Crippen LogP contribution in [0.15, 0.2) is 66.7 Å². The summed E-state index contributed by atoms with van der Waals surface area (Å²) in [6.07, 6.45) is 1.78. The zero-order chi connectivity index (χ0) is 35.6. The van der Waals surface area contributed by atoms with Crippen LogP contribution in [0, 0.1) is 11.6 Å². The number of rotatable bonds is 8. The van der Waals surface area contributed by atoms with Crippen molar-refractivity contribution in [3.8, 4) is 11.1 Å². The SMILES string of the molecule is CN1CCN(c2ccc(C(=O)[NH+]=C(N)c3cc(Cc4cc(F)cc(F)c4)c(-c4ccc5c(c4)C(=O)NC5)cc3N)c(NC3CCOCC3)c2)CC1. The van der Waals surface area contributed by atoms with Gasteiger partial charge in [-0.2, -0.15) is 0 Å². The minimum atomic E-state index is -0.696. The molecule has 7 rings (SSSR count). The summed E-state index contributed by atoms with van der Waals surface area (Å²) in [4.78, 5) is 33.9. The first-order chi connectivity index (χ1) is 24.6. The Morgan fingerprint density at radius 3 is 2.43 bits per heavy atom. The quantitative estimate of drug-likeness (QED) is 0.108. The number of halogens is 2. The van der Waals surface area contributed by atoms with Crippen LogP contribution in [0.4, 0.5) is 25.8 Å². The molecule has 4 aromatic carbocycles. The maximum absolute atomic E-state index is 14.3. The summed E-state index contributed by atoms with van der Waals surface area (Å²) in [5, 5.41) is 6.42. The molecule has 264 valence electrons. The van der Waals surface area contributed by atoms with Crippen molar-refractivity contribution >= 4 is 34.7 Å². The normalized spacial score (nSPS) is 17.0. The van der Waals surface area contributed by atoms with Gasteiger partial charge in [-0.15, -0.1) is 0 Å². The molecule has 2 saturated heterocycles. The molecule has 12 heteroatoms. The maximum Gasteiger partial charge on any atom is 0.341 e. The highest BCUT2D eigenvalue weighted by Gasteiger charge is 2.25. The van der Waals surface area contributed by atoms with Gasteiger partial charge in [0.15, 0.2) is 0 Å². The van der Waals surface area contributed by atoms with Crippen LogP contribution >= 0.6 is 0 Å². The van der Waals surface area contributed by atoms with E-state index < -0.39 is 17.5 Å². The lowest BCUT2D eigenvalue weighted by Crippen LogP contribution is -2.79. The lowest BCUT2D eigenvalue weighted by atomic mass is 9.90. The number of hydrogen-bond acceptors (Lipinski definition) is 7. The van der Waals surface area contributed by atoms with Crippen LogP contribution < -0.4 is 32.0 Å². The average molecular weight is 695 g/mol. The highest BCUT2D eigenvalue weighted by Crippen LogP contribution is 2.33. The molecule has 0 aliphatic carbocycles. The second-order valence-electron chi connectivity index (χ2n) is 13.5. The van der Waals surface area contributed by atoms with Crippen molar-refractivity contribution in [3.05, 3.63) is 112 Å². The molecule has 3 aliphatic heterocycles. The monoisotopic (exact) mass is 694 g/mol. The molecular formula is C39H42F2N7O3+. The summed E-state index contributed by atoms with van der Waals surface area (Å²) < 4.78 is 34.1. The zero-order valence-corrected chi connectivity index (χ0v) is 28.5. The second-order valence-corrected chi connectivity index (χ2v) is 13.5. The summed E-state index contributed by atoms with van der Waals surface area (Å²) in [6, 6.07) is 18.3. The van der Waals surface area contributed by atoms with E-state index in [1.807, 2.05) is 30.3 Å². The van der Waals surface area contributed by atoms with Gasteiger partial charge in [-0.1, -0.05) is 12.1 Å². The Balaban J connectivity index is 1.25. The summed E-state index contributed by atoms with van der Waals surface area (Å²) in [5.74, 6) is -1.94. The van der Waals surface area contributed by atoms with Crippen molar-refractivity contribution < 1.29 is 28.1 Å². The first kappa shape index (κ1) is 34.1. The third-order valence-corrected chi connectivity index (χ3v) is 9.93. The van der Waals surface area contributed by atoms with Gasteiger partial charge in [0.25, 0.3) is 11.7 Å².